The van der Waals surface area contributed by atoms with E-state index in [1.807, 2.05) is 13.8 Å². The first kappa shape index (κ1) is 21.7. The van der Waals surface area contributed by atoms with Crippen molar-refractivity contribution in [2.24, 2.45) is 0 Å². The fourth-order valence-electron chi connectivity index (χ4n) is 3.18. The minimum Gasteiger partial charge on any atom is -0.477 e. The van der Waals surface area contributed by atoms with Gasteiger partial charge in [0.15, 0.2) is 0 Å². The van der Waals surface area contributed by atoms with E-state index in [4.69, 9.17) is 9.15 Å². The third kappa shape index (κ3) is 4.59. The zero-order chi connectivity index (χ0) is 22.5. The molecule has 0 atom stereocenters. The number of carbonyl (C=O) groups is 2. The van der Waals surface area contributed by atoms with Crippen LogP contribution in [0.5, 0.6) is 0 Å². The van der Waals surface area contributed by atoms with E-state index in [0.717, 1.165) is 5.69 Å². The molecular weight excluding hydrogens is 398 g/mol. The zero-order valence-electron chi connectivity index (χ0n) is 17.4. The third-order valence-corrected chi connectivity index (χ3v) is 4.83. The summed E-state index contributed by atoms with van der Waals surface area (Å²) >= 11 is 0. The Kier molecular flexibility index (Phi) is 6.41. The van der Waals surface area contributed by atoms with Crippen LogP contribution in [0.3, 0.4) is 0 Å². The average molecular weight is 419 g/mol. The minimum absolute atomic E-state index is 0.296. The highest BCUT2D eigenvalue weighted by molar-refractivity contribution is 5.93. The van der Waals surface area contributed by atoms with Crippen molar-refractivity contribution in [3.05, 3.63) is 75.1 Å². The summed E-state index contributed by atoms with van der Waals surface area (Å²) in [6.07, 6.45) is 0. The second kappa shape index (κ2) is 9.18. The number of carbonyl (C=O) groups excluding carboxylic acids is 1. The molecule has 31 heavy (non-hydrogen) atoms. The number of nitrogens with zero attached hydrogens (tertiary/aromatic N) is 1. The van der Waals surface area contributed by atoms with Crippen LogP contribution in [0.1, 0.15) is 45.7 Å². The Morgan fingerprint density at radius 1 is 1.06 bits per heavy atom. The van der Waals surface area contributed by atoms with E-state index < -0.39 is 23.1 Å². The van der Waals surface area contributed by atoms with Gasteiger partial charge < -0.3 is 19.2 Å². The molecule has 1 heterocycles. The van der Waals surface area contributed by atoms with Gasteiger partial charge in [0, 0.05) is 35.7 Å². The summed E-state index contributed by atoms with van der Waals surface area (Å²) in [5, 5.41) is 9.69. The Labute approximate surface area is 178 Å². The minimum atomic E-state index is -1.35. The normalized spacial score (nSPS) is 10.3. The van der Waals surface area contributed by atoms with Crippen molar-refractivity contribution in [3.63, 3.8) is 0 Å². The number of carboxylic acid groups (broad SMARTS) is 1. The Hall–Kier alpha value is -4.05. The second-order valence-corrected chi connectivity index (χ2v) is 6.65. The number of ether oxygens (including phenoxy) is 1. The summed E-state index contributed by atoms with van der Waals surface area (Å²) in [5.41, 5.74) is 1.55. The van der Waals surface area contributed by atoms with Gasteiger partial charge in [0.05, 0.1) is 18.4 Å². The van der Waals surface area contributed by atoms with E-state index in [9.17, 15) is 19.5 Å². The Morgan fingerprint density at radius 3 is 2.32 bits per heavy atom. The van der Waals surface area contributed by atoms with E-state index in [1.54, 1.807) is 36.4 Å². The molecule has 7 heteroatoms. The van der Waals surface area contributed by atoms with Crippen molar-refractivity contribution in [2.45, 2.75) is 13.8 Å². The number of hydrogen-bond acceptors (Lipinski definition) is 6. The Bertz CT molecular complexity index is 1260. The van der Waals surface area contributed by atoms with Gasteiger partial charge in [0.25, 0.3) is 0 Å². The quantitative estimate of drug-likeness (QED) is 0.384. The van der Waals surface area contributed by atoms with Crippen molar-refractivity contribution >= 4 is 28.6 Å². The first-order chi connectivity index (χ1) is 14.9. The number of esters is 1. The number of carboxylic acids is 1. The molecule has 7 nitrogen and oxygen atoms in total. The highest BCUT2D eigenvalue weighted by Gasteiger charge is 2.15. The predicted octanol–water partition coefficient (Wildman–Crippen LogP) is 3.52. The molecule has 0 unspecified atom stereocenters. The SMILES string of the molecule is CCN(CC)c1cc2oc(=O)c(C(=O)O)cc2cc1C#Cc1ccc(C(=O)OC)cc1. The number of methoxy groups -OCH3 is 1. The van der Waals surface area contributed by atoms with Crippen LogP contribution in [0.15, 0.2) is 51.7 Å². The molecule has 1 N–H and O–H groups in total. The summed E-state index contributed by atoms with van der Waals surface area (Å²) in [4.78, 5) is 36.9. The maximum absolute atomic E-state index is 12.0. The maximum Gasteiger partial charge on any atom is 0.351 e. The van der Waals surface area contributed by atoms with Crippen molar-refractivity contribution in [2.75, 3.05) is 25.1 Å². The highest BCUT2D eigenvalue weighted by Crippen LogP contribution is 2.27. The second-order valence-electron chi connectivity index (χ2n) is 6.65. The topological polar surface area (TPSA) is 97.0 Å². The molecule has 1 aromatic heterocycles. The fraction of sp³-hybridized carbons (Fsp3) is 0.208. The van der Waals surface area contributed by atoms with Gasteiger partial charge in [-0.2, -0.15) is 0 Å². The number of rotatable bonds is 5. The first-order valence-electron chi connectivity index (χ1n) is 9.68. The summed E-state index contributed by atoms with van der Waals surface area (Å²) in [6, 6.07) is 11.4. The molecule has 0 bridgehead atoms. The van der Waals surface area contributed by atoms with E-state index >= 15 is 0 Å². The summed E-state index contributed by atoms with van der Waals surface area (Å²) in [7, 11) is 1.32. The first-order valence-corrected chi connectivity index (χ1v) is 9.68. The lowest BCUT2D eigenvalue weighted by Crippen LogP contribution is -2.23. The monoisotopic (exact) mass is 419 g/mol. The lowest BCUT2D eigenvalue weighted by atomic mass is 10.1. The van der Waals surface area contributed by atoms with Gasteiger partial charge in [0.2, 0.25) is 0 Å². The number of benzene rings is 2. The van der Waals surface area contributed by atoms with Gasteiger partial charge in [-0.15, -0.1) is 0 Å². The molecule has 0 saturated heterocycles. The summed E-state index contributed by atoms with van der Waals surface area (Å²) in [5.74, 6) is 4.42. The van der Waals surface area contributed by atoms with Gasteiger partial charge in [-0.25, -0.2) is 14.4 Å². The van der Waals surface area contributed by atoms with E-state index in [-0.39, 0.29) is 0 Å². The maximum atomic E-state index is 12.0. The molecular formula is C24H21NO6. The van der Waals surface area contributed by atoms with Crippen molar-refractivity contribution in [1.29, 1.82) is 0 Å². The third-order valence-electron chi connectivity index (χ3n) is 4.83. The highest BCUT2D eigenvalue weighted by atomic mass is 16.5. The number of aromatic carboxylic acids is 1. The molecule has 0 saturated carbocycles. The molecule has 0 aliphatic heterocycles. The van der Waals surface area contributed by atoms with Crippen LogP contribution in [-0.4, -0.2) is 37.2 Å². The van der Waals surface area contributed by atoms with E-state index in [1.165, 1.54) is 13.2 Å². The lowest BCUT2D eigenvalue weighted by Gasteiger charge is -2.22. The van der Waals surface area contributed by atoms with Crippen LogP contribution in [0.2, 0.25) is 0 Å². The lowest BCUT2D eigenvalue weighted by molar-refractivity contribution is 0.0599. The van der Waals surface area contributed by atoms with Crippen molar-refractivity contribution < 1.29 is 23.8 Å². The van der Waals surface area contributed by atoms with Crippen molar-refractivity contribution in [3.8, 4) is 11.8 Å². The Morgan fingerprint density at radius 2 is 1.74 bits per heavy atom. The fourth-order valence-corrected chi connectivity index (χ4v) is 3.18. The predicted molar refractivity (Wildman–Crippen MR) is 117 cm³/mol. The van der Waals surface area contributed by atoms with Crippen molar-refractivity contribution in [1.82, 2.24) is 0 Å². The van der Waals surface area contributed by atoms with Crippen LogP contribution < -0.4 is 10.5 Å². The van der Waals surface area contributed by atoms with Gasteiger partial charge in [-0.1, -0.05) is 11.8 Å². The van der Waals surface area contributed by atoms with Crippen LogP contribution in [-0.2, 0) is 4.74 Å². The van der Waals surface area contributed by atoms with Crippen LogP contribution in [0.25, 0.3) is 11.0 Å². The van der Waals surface area contributed by atoms with Gasteiger partial charge in [-0.05, 0) is 50.2 Å². The summed E-state index contributed by atoms with van der Waals surface area (Å²) in [6.45, 7) is 5.42. The molecule has 158 valence electrons. The van der Waals surface area contributed by atoms with Gasteiger partial charge in [-0.3, -0.25) is 0 Å². The van der Waals surface area contributed by atoms with Crippen LogP contribution in [0.4, 0.5) is 5.69 Å². The molecule has 0 fully saturated rings. The largest absolute Gasteiger partial charge is 0.477 e. The number of fused-ring (bicyclic) bond motifs is 1. The summed E-state index contributed by atoms with van der Waals surface area (Å²) < 4.78 is 9.94. The standard InChI is InChI=1S/C24H21NO6/c1-4-25(5-2)20-14-21-18(13-19(22(26)27)24(29)31-21)12-17(20)11-8-15-6-9-16(10-7-15)23(28)30-3/h6-7,9-10,12-14H,4-5H2,1-3H3,(H,26,27). The van der Waals surface area contributed by atoms with Gasteiger partial charge in [0.1, 0.15) is 11.1 Å². The average Bonchev–Trinajstić information content (AvgIpc) is 2.77. The number of hydrogen-bond donors (Lipinski definition) is 1. The molecule has 0 spiro atoms. The zero-order valence-corrected chi connectivity index (χ0v) is 17.4. The van der Waals surface area contributed by atoms with Crippen LogP contribution >= 0.6 is 0 Å². The molecule has 2 aromatic carbocycles. The number of anilines is 1. The molecule has 0 aliphatic rings. The molecule has 0 amide bonds. The van der Waals surface area contributed by atoms with E-state index in [0.29, 0.717) is 40.7 Å². The smallest absolute Gasteiger partial charge is 0.351 e. The van der Waals surface area contributed by atoms with Gasteiger partial charge >= 0.3 is 17.6 Å². The molecule has 0 aliphatic carbocycles. The van der Waals surface area contributed by atoms with E-state index in [2.05, 4.69) is 16.7 Å². The molecule has 3 aromatic rings. The molecule has 3 rings (SSSR count). The Balaban J connectivity index is 2.13. The van der Waals surface area contributed by atoms with Crippen LogP contribution in [0, 0.1) is 11.8 Å². The molecule has 0 radical (unpaired) electrons.